The van der Waals surface area contributed by atoms with Crippen molar-refractivity contribution in [2.75, 3.05) is 26.2 Å². The van der Waals surface area contributed by atoms with E-state index in [-0.39, 0.29) is 17.4 Å². The van der Waals surface area contributed by atoms with Gasteiger partial charge in [-0.15, -0.1) is 0 Å². The molecule has 0 atom stereocenters. The van der Waals surface area contributed by atoms with Crippen molar-refractivity contribution >= 4 is 5.91 Å². The molecular formula is C19H23F3N4O2. The second-order valence-corrected chi connectivity index (χ2v) is 7.91. The summed E-state index contributed by atoms with van der Waals surface area (Å²) >= 11 is 0. The van der Waals surface area contributed by atoms with E-state index < -0.39 is 17.2 Å². The van der Waals surface area contributed by atoms with Gasteiger partial charge in [0.1, 0.15) is 0 Å². The highest BCUT2D eigenvalue weighted by molar-refractivity contribution is 5.81. The van der Waals surface area contributed by atoms with Gasteiger partial charge in [-0.2, -0.15) is 18.2 Å². The third-order valence-corrected chi connectivity index (χ3v) is 4.57. The Hall–Kier alpha value is -2.42. The number of hydrogen-bond donors (Lipinski definition) is 0. The molecule has 0 radical (unpaired) electrons. The molecule has 0 aliphatic carbocycles. The molecule has 6 nitrogen and oxygen atoms in total. The van der Waals surface area contributed by atoms with Crippen molar-refractivity contribution in [3.63, 3.8) is 0 Å². The number of alkyl halides is 3. The Morgan fingerprint density at radius 1 is 1.14 bits per heavy atom. The van der Waals surface area contributed by atoms with Crippen LogP contribution in [0.4, 0.5) is 13.2 Å². The Bertz CT molecular complexity index is 834. The van der Waals surface area contributed by atoms with Gasteiger partial charge in [-0.1, -0.05) is 32.0 Å². The van der Waals surface area contributed by atoms with Gasteiger partial charge in [0.2, 0.25) is 5.91 Å². The highest BCUT2D eigenvalue weighted by Gasteiger charge is 2.31. The molecular weight excluding hydrogens is 373 g/mol. The predicted molar refractivity (Wildman–Crippen MR) is 96.0 cm³/mol. The van der Waals surface area contributed by atoms with E-state index in [1.807, 2.05) is 25.7 Å². The summed E-state index contributed by atoms with van der Waals surface area (Å²) in [6, 6.07) is 4.81. The van der Waals surface area contributed by atoms with E-state index in [1.54, 1.807) is 0 Å². The van der Waals surface area contributed by atoms with E-state index in [4.69, 9.17) is 4.52 Å². The minimum Gasteiger partial charge on any atom is -0.340 e. The van der Waals surface area contributed by atoms with Gasteiger partial charge in [0.05, 0.1) is 12.1 Å². The largest absolute Gasteiger partial charge is 0.416 e. The van der Waals surface area contributed by atoms with E-state index in [0.717, 1.165) is 12.1 Å². The molecule has 1 aliphatic heterocycles. The van der Waals surface area contributed by atoms with Crippen LogP contribution in [-0.4, -0.2) is 52.0 Å². The zero-order chi connectivity index (χ0) is 20.5. The Morgan fingerprint density at radius 2 is 1.82 bits per heavy atom. The first-order valence-corrected chi connectivity index (χ1v) is 9.06. The van der Waals surface area contributed by atoms with Gasteiger partial charge in [-0.25, -0.2) is 0 Å². The average Bonchev–Trinajstić information content (AvgIpc) is 3.09. The maximum absolute atomic E-state index is 12.9. The van der Waals surface area contributed by atoms with Crippen molar-refractivity contribution in [2.45, 2.75) is 33.5 Å². The number of benzene rings is 1. The van der Waals surface area contributed by atoms with Gasteiger partial charge >= 0.3 is 6.18 Å². The number of hydrogen-bond acceptors (Lipinski definition) is 5. The number of halogens is 3. The molecule has 1 saturated heterocycles. The zero-order valence-corrected chi connectivity index (χ0v) is 16.1. The molecule has 0 saturated carbocycles. The highest BCUT2D eigenvalue weighted by atomic mass is 19.4. The number of carbonyl (C=O) groups is 1. The summed E-state index contributed by atoms with van der Waals surface area (Å²) in [7, 11) is 0. The summed E-state index contributed by atoms with van der Waals surface area (Å²) in [5, 5.41) is 3.88. The molecule has 0 spiro atoms. The van der Waals surface area contributed by atoms with E-state index >= 15 is 0 Å². The SMILES string of the molecule is CC(C)(C)C(=O)N1CCN(Cc2noc(-c3cccc(C(F)(F)F)c3)n2)CC1. The quantitative estimate of drug-likeness (QED) is 0.795. The topological polar surface area (TPSA) is 62.5 Å². The van der Waals surface area contributed by atoms with Crippen molar-refractivity contribution in [2.24, 2.45) is 5.41 Å². The zero-order valence-electron chi connectivity index (χ0n) is 16.1. The summed E-state index contributed by atoms with van der Waals surface area (Å²) in [5.41, 5.74) is -0.936. The first-order valence-electron chi connectivity index (χ1n) is 9.06. The van der Waals surface area contributed by atoms with Gasteiger partial charge in [0.15, 0.2) is 5.82 Å². The summed E-state index contributed by atoms with van der Waals surface area (Å²) in [6.45, 7) is 8.70. The second kappa shape index (κ2) is 7.54. The lowest BCUT2D eigenvalue weighted by atomic mass is 9.94. The lowest BCUT2D eigenvalue weighted by Crippen LogP contribution is -2.51. The number of amides is 1. The molecule has 3 rings (SSSR count). The first kappa shape index (κ1) is 20.3. The molecule has 2 heterocycles. The van der Waals surface area contributed by atoms with Crippen molar-refractivity contribution in [1.29, 1.82) is 0 Å². The summed E-state index contributed by atoms with van der Waals surface area (Å²) in [5.74, 6) is 0.587. The van der Waals surface area contributed by atoms with Crippen molar-refractivity contribution in [3.8, 4) is 11.5 Å². The second-order valence-electron chi connectivity index (χ2n) is 7.91. The van der Waals surface area contributed by atoms with Gasteiger partial charge in [0.25, 0.3) is 5.89 Å². The van der Waals surface area contributed by atoms with Crippen LogP contribution in [0.2, 0.25) is 0 Å². The Labute approximate surface area is 161 Å². The smallest absolute Gasteiger partial charge is 0.340 e. The van der Waals surface area contributed by atoms with Crippen LogP contribution in [0.3, 0.4) is 0 Å². The third kappa shape index (κ3) is 4.70. The number of piperazine rings is 1. The monoisotopic (exact) mass is 396 g/mol. The van der Waals surface area contributed by atoms with Crippen LogP contribution in [0.5, 0.6) is 0 Å². The van der Waals surface area contributed by atoms with Crippen molar-refractivity contribution in [1.82, 2.24) is 19.9 Å². The van der Waals surface area contributed by atoms with Crippen LogP contribution in [0.25, 0.3) is 11.5 Å². The maximum atomic E-state index is 12.9. The Balaban J connectivity index is 1.61. The van der Waals surface area contributed by atoms with Crippen LogP contribution in [0.15, 0.2) is 28.8 Å². The molecule has 28 heavy (non-hydrogen) atoms. The molecule has 1 amide bonds. The van der Waals surface area contributed by atoms with Crippen molar-refractivity contribution in [3.05, 3.63) is 35.7 Å². The van der Waals surface area contributed by atoms with Crippen LogP contribution in [-0.2, 0) is 17.5 Å². The van der Waals surface area contributed by atoms with E-state index in [0.29, 0.717) is 38.5 Å². The summed E-state index contributed by atoms with van der Waals surface area (Å²) in [4.78, 5) is 20.5. The fraction of sp³-hybridized carbons (Fsp3) is 0.526. The molecule has 1 aromatic heterocycles. The molecule has 1 aliphatic rings. The highest BCUT2D eigenvalue weighted by Crippen LogP contribution is 2.31. The Kier molecular flexibility index (Phi) is 5.47. The first-order chi connectivity index (χ1) is 13.0. The minimum absolute atomic E-state index is 0.0580. The van der Waals surface area contributed by atoms with Crippen LogP contribution < -0.4 is 0 Å². The Morgan fingerprint density at radius 3 is 2.43 bits per heavy atom. The molecule has 0 N–H and O–H groups in total. The predicted octanol–water partition coefficient (Wildman–Crippen LogP) is 3.45. The third-order valence-electron chi connectivity index (χ3n) is 4.57. The van der Waals surface area contributed by atoms with E-state index in [9.17, 15) is 18.0 Å². The van der Waals surface area contributed by atoms with Gasteiger partial charge < -0.3 is 9.42 Å². The molecule has 0 unspecified atom stereocenters. The van der Waals surface area contributed by atoms with E-state index in [1.165, 1.54) is 12.1 Å². The fourth-order valence-electron chi connectivity index (χ4n) is 3.05. The number of rotatable bonds is 3. The van der Waals surface area contributed by atoms with Gasteiger partial charge in [-0.05, 0) is 18.2 Å². The molecule has 152 valence electrons. The molecule has 0 bridgehead atoms. The van der Waals surface area contributed by atoms with Gasteiger partial charge in [0, 0.05) is 37.2 Å². The van der Waals surface area contributed by atoms with Crippen molar-refractivity contribution < 1.29 is 22.5 Å². The number of carbonyl (C=O) groups excluding carboxylic acids is 1. The normalized spacial score (nSPS) is 16.4. The average molecular weight is 396 g/mol. The lowest BCUT2D eigenvalue weighted by Gasteiger charge is -2.37. The summed E-state index contributed by atoms with van der Waals surface area (Å²) < 4.78 is 43.7. The van der Waals surface area contributed by atoms with Crippen LogP contribution in [0.1, 0.15) is 32.2 Å². The number of nitrogens with zero attached hydrogens (tertiary/aromatic N) is 4. The minimum atomic E-state index is -4.43. The molecule has 2 aromatic rings. The van der Waals surface area contributed by atoms with E-state index in [2.05, 4.69) is 15.0 Å². The van der Waals surface area contributed by atoms with Gasteiger partial charge in [-0.3, -0.25) is 9.69 Å². The standard InChI is InChI=1S/C19H23F3N4O2/c1-18(2,3)17(27)26-9-7-25(8-10-26)12-15-23-16(28-24-15)13-5-4-6-14(11-13)19(20,21)22/h4-6,11H,7-10,12H2,1-3H3. The lowest BCUT2D eigenvalue weighted by molar-refractivity contribution is -0.141. The number of aromatic nitrogens is 2. The van der Waals surface area contributed by atoms with Crippen LogP contribution in [0, 0.1) is 5.41 Å². The molecule has 1 fully saturated rings. The summed E-state index contributed by atoms with van der Waals surface area (Å²) in [6.07, 6.45) is -4.43. The fourth-order valence-corrected chi connectivity index (χ4v) is 3.05. The molecule has 1 aromatic carbocycles. The van der Waals surface area contributed by atoms with Crippen LogP contribution >= 0.6 is 0 Å². The maximum Gasteiger partial charge on any atom is 0.416 e. The molecule has 9 heteroatoms.